The summed E-state index contributed by atoms with van der Waals surface area (Å²) in [6.07, 6.45) is 6.44. The summed E-state index contributed by atoms with van der Waals surface area (Å²) in [6, 6.07) is 6.08. The lowest BCUT2D eigenvalue weighted by Crippen LogP contribution is -2.18. The number of carboxylic acids is 1. The van der Waals surface area contributed by atoms with Crippen molar-refractivity contribution in [3.05, 3.63) is 59.2 Å². The molecule has 1 atom stereocenters. The Morgan fingerprint density at radius 2 is 1.93 bits per heavy atom. The number of allylic oxidation sites excluding steroid dienone is 5. The highest BCUT2D eigenvalue weighted by Crippen LogP contribution is 2.34. The van der Waals surface area contributed by atoms with Gasteiger partial charge in [-0.3, -0.25) is 0 Å². The van der Waals surface area contributed by atoms with Crippen molar-refractivity contribution in [2.75, 3.05) is 13.9 Å². The van der Waals surface area contributed by atoms with Gasteiger partial charge < -0.3 is 19.3 Å². The first-order valence-corrected chi connectivity index (χ1v) is 9.23. The summed E-state index contributed by atoms with van der Waals surface area (Å²) in [6.45, 7) is 12.1. The highest BCUT2D eigenvalue weighted by Gasteiger charge is 2.20. The van der Waals surface area contributed by atoms with Crippen LogP contribution in [-0.4, -0.2) is 31.3 Å². The van der Waals surface area contributed by atoms with Gasteiger partial charge in [0.1, 0.15) is 5.75 Å². The molecule has 5 nitrogen and oxygen atoms in total. The zero-order valence-electron chi connectivity index (χ0n) is 17.9. The molecule has 154 valence electrons. The third-order valence-corrected chi connectivity index (χ3v) is 4.15. The smallest absolute Gasteiger partial charge is 0.328 e. The summed E-state index contributed by atoms with van der Waals surface area (Å²) in [5.74, 6) is -0.166. The van der Waals surface area contributed by atoms with Crippen molar-refractivity contribution in [2.45, 2.75) is 53.2 Å². The van der Waals surface area contributed by atoms with E-state index in [0.29, 0.717) is 5.57 Å². The van der Waals surface area contributed by atoms with Crippen LogP contribution in [0, 0.1) is 0 Å². The fraction of sp³-hybridized carbons (Fsp3) is 0.435. The van der Waals surface area contributed by atoms with Gasteiger partial charge in [-0.25, -0.2) is 4.79 Å². The maximum absolute atomic E-state index is 10.7. The molecule has 1 aromatic carbocycles. The molecule has 0 spiro atoms. The lowest BCUT2D eigenvalue weighted by atomic mass is 9.84. The van der Waals surface area contributed by atoms with E-state index in [0.717, 1.165) is 22.4 Å². The predicted octanol–water partition coefficient (Wildman–Crippen LogP) is 5.32. The minimum atomic E-state index is -0.947. The summed E-state index contributed by atoms with van der Waals surface area (Å²) in [4.78, 5) is 10.7. The van der Waals surface area contributed by atoms with Crippen molar-refractivity contribution in [2.24, 2.45) is 0 Å². The van der Waals surface area contributed by atoms with Crippen molar-refractivity contribution in [3.8, 4) is 5.75 Å². The SMILES string of the molecule is COC(C)OCOc1ccc(C(C)=CC=CC(C)=CC(=O)O)cc1C(C)(C)C. The highest BCUT2D eigenvalue weighted by molar-refractivity contribution is 5.81. The number of hydrogen-bond donors (Lipinski definition) is 1. The zero-order valence-corrected chi connectivity index (χ0v) is 17.9. The van der Waals surface area contributed by atoms with E-state index in [2.05, 4.69) is 26.8 Å². The largest absolute Gasteiger partial charge is 0.478 e. The molecule has 0 radical (unpaired) electrons. The van der Waals surface area contributed by atoms with Crippen LogP contribution < -0.4 is 4.74 Å². The van der Waals surface area contributed by atoms with E-state index < -0.39 is 5.97 Å². The number of methoxy groups -OCH3 is 1. The Kier molecular flexibility index (Phi) is 9.16. The van der Waals surface area contributed by atoms with Gasteiger partial charge in [0.25, 0.3) is 0 Å². The molecule has 1 unspecified atom stereocenters. The van der Waals surface area contributed by atoms with Crippen LogP contribution >= 0.6 is 0 Å². The Morgan fingerprint density at radius 3 is 2.50 bits per heavy atom. The van der Waals surface area contributed by atoms with Gasteiger partial charge in [0.15, 0.2) is 13.1 Å². The molecule has 0 aromatic heterocycles. The fourth-order valence-corrected chi connectivity index (χ4v) is 2.43. The molecule has 1 N–H and O–H groups in total. The van der Waals surface area contributed by atoms with Crippen molar-refractivity contribution < 1.29 is 24.1 Å². The molecule has 1 rings (SSSR count). The molecule has 0 aliphatic rings. The van der Waals surface area contributed by atoms with E-state index >= 15 is 0 Å². The van der Waals surface area contributed by atoms with Crippen LogP contribution in [0.5, 0.6) is 5.75 Å². The van der Waals surface area contributed by atoms with Crippen LogP contribution in [0.2, 0.25) is 0 Å². The second-order valence-electron chi connectivity index (χ2n) is 7.63. The Balaban J connectivity index is 3.03. The van der Waals surface area contributed by atoms with Crippen LogP contribution in [0.4, 0.5) is 0 Å². The van der Waals surface area contributed by atoms with Crippen molar-refractivity contribution in [3.63, 3.8) is 0 Å². The molecule has 28 heavy (non-hydrogen) atoms. The Bertz CT molecular complexity index is 751. The molecule has 0 heterocycles. The summed E-state index contributed by atoms with van der Waals surface area (Å²) in [7, 11) is 1.59. The number of ether oxygens (including phenoxy) is 3. The van der Waals surface area contributed by atoms with Gasteiger partial charge >= 0.3 is 5.97 Å². The average Bonchev–Trinajstić information content (AvgIpc) is 2.60. The van der Waals surface area contributed by atoms with E-state index in [1.807, 2.05) is 38.1 Å². The molecule has 0 aliphatic heterocycles. The van der Waals surface area contributed by atoms with E-state index in [-0.39, 0.29) is 18.5 Å². The van der Waals surface area contributed by atoms with Gasteiger partial charge in [0.05, 0.1) is 0 Å². The number of hydrogen-bond acceptors (Lipinski definition) is 4. The van der Waals surface area contributed by atoms with E-state index in [9.17, 15) is 4.79 Å². The van der Waals surface area contributed by atoms with E-state index in [1.54, 1.807) is 20.1 Å². The standard InChI is InChI=1S/C23H32O5/c1-16(13-22(24)25)9-8-10-17(2)19-11-12-21(20(14-19)23(4,5)6)28-15-27-18(3)26-7/h8-14,18H,15H2,1-7H3,(H,24,25). The Hall–Kier alpha value is -2.37. The molecule has 1 aromatic rings. The zero-order chi connectivity index (χ0) is 21.3. The number of aliphatic carboxylic acids is 1. The maximum Gasteiger partial charge on any atom is 0.328 e. The molecule has 0 bridgehead atoms. The van der Waals surface area contributed by atoms with E-state index in [4.69, 9.17) is 19.3 Å². The van der Waals surface area contributed by atoms with Crippen molar-refractivity contribution >= 4 is 11.5 Å². The summed E-state index contributed by atoms with van der Waals surface area (Å²) >= 11 is 0. The minimum absolute atomic E-state index is 0.102. The summed E-state index contributed by atoms with van der Waals surface area (Å²) < 4.78 is 16.3. The normalized spacial score (nSPS) is 14.4. The fourth-order valence-electron chi connectivity index (χ4n) is 2.43. The quantitative estimate of drug-likeness (QED) is 0.352. The second kappa shape index (κ2) is 10.8. The van der Waals surface area contributed by atoms with Gasteiger partial charge in [-0.1, -0.05) is 45.1 Å². The first-order chi connectivity index (χ1) is 13.0. The lowest BCUT2D eigenvalue weighted by Gasteiger charge is -2.24. The molecular weight excluding hydrogens is 356 g/mol. The molecular formula is C23H32O5. The minimum Gasteiger partial charge on any atom is -0.478 e. The molecule has 5 heteroatoms. The van der Waals surface area contributed by atoms with Gasteiger partial charge in [-0.05, 0) is 55.0 Å². The van der Waals surface area contributed by atoms with Crippen LogP contribution in [0.15, 0.2) is 48.1 Å². The monoisotopic (exact) mass is 388 g/mol. The van der Waals surface area contributed by atoms with Crippen LogP contribution in [0.3, 0.4) is 0 Å². The molecule has 0 amide bonds. The highest BCUT2D eigenvalue weighted by atomic mass is 16.7. The van der Waals surface area contributed by atoms with Crippen molar-refractivity contribution in [1.29, 1.82) is 0 Å². The van der Waals surface area contributed by atoms with Gasteiger partial charge in [0, 0.05) is 18.7 Å². The molecule has 0 saturated heterocycles. The number of rotatable bonds is 9. The van der Waals surface area contributed by atoms with E-state index in [1.165, 1.54) is 6.08 Å². The predicted molar refractivity (Wildman–Crippen MR) is 112 cm³/mol. The molecule has 0 saturated carbocycles. The van der Waals surface area contributed by atoms with Crippen LogP contribution in [-0.2, 0) is 19.7 Å². The topological polar surface area (TPSA) is 65.0 Å². The van der Waals surface area contributed by atoms with Crippen LogP contribution in [0.25, 0.3) is 5.57 Å². The maximum atomic E-state index is 10.7. The first kappa shape index (κ1) is 23.7. The second-order valence-corrected chi connectivity index (χ2v) is 7.63. The number of carboxylic acid groups (broad SMARTS) is 1. The first-order valence-electron chi connectivity index (χ1n) is 9.23. The molecule has 0 fully saturated rings. The molecule has 0 aliphatic carbocycles. The van der Waals surface area contributed by atoms with Crippen LogP contribution in [0.1, 0.15) is 52.7 Å². The average molecular weight is 389 g/mol. The third kappa shape index (κ3) is 8.11. The number of carbonyl (C=O) groups is 1. The summed E-state index contributed by atoms with van der Waals surface area (Å²) in [5.41, 5.74) is 3.81. The van der Waals surface area contributed by atoms with Crippen molar-refractivity contribution in [1.82, 2.24) is 0 Å². The lowest BCUT2D eigenvalue weighted by molar-refractivity contribution is -0.149. The summed E-state index contributed by atoms with van der Waals surface area (Å²) in [5, 5.41) is 8.76. The van der Waals surface area contributed by atoms with Gasteiger partial charge in [-0.15, -0.1) is 0 Å². The van der Waals surface area contributed by atoms with Gasteiger partial charge in [0.2, 0.25) is 0 Å². The van der Waals surface area contributed by atoms with Gasteiger partial charge in [-0.2, -0.15) is 0 Å². The Labute approximate surface area is 168 Å². The third-order valence-electron chi connectivity index (χ3n) is 4.15. The Morgan fingerprint density at radius 1 is 1.25 bits per heavy atom. The number of benzene rings is 1.